The Morgan fingerprint density at radius 2 is 2.00 bits per heavy atom. The number of pyridine rings is 1. The fraction of sp³-hybridized carbons (Fsp3) is 0.333. The van der Waals surface area contributed by atoms with Crippen LogP contribution in [0.1, 0.15) is 47.7 Å². The van der Waals surface area contributed by atoms with E-state index in [-0.39, 0.29) is 27.4 Å². The van der Waals surface area contributed by atoms with Gasteiger partial charge < -0.3 is 5.11 Å². The highest BCUT2D eigenvalue weighted by Gasteiger charge is 2.22. The van der Waals surface area contributed by atoms with Gasteiger partial charge in [0, 0.05) is 22.0 Å². The van der Waals surface area contributed by atoms with Crippen LogP contribution in [0.5, 0.6) is 0 Å². The first kappa shape index (κ1) is 13.3. The molecule has 0 spiro atoms. The van der Waals surface area contributed by atoms with Gasteiger partial charge in [-0.2, -0.15) is 0 Å². The normalized spacial score (nSPS) is 15.9. The SMILES string of the molecule is O=C(O)c1cc(C2CCCC2)nc2c(F)cc(Cl)cc12. The van der Waals surface area contributed by atoms with Gasteiger partial charge in [0.25, 0.3) is 0 Å². The van der Waals surface area contributed by atoms with Crippen LogP contribution in [0.25, 0.3) is 10.9 Å². The van der Waals surface area contributed by atoms with Gasteiger partial charge in [0.15, 0.2) is 5.82 Å². The molecular formula is C15H13ClFNO2. The molecule has 1 N–H and O–H groups in total. The van der Waals surface area contributed by atoms with Crippen molar-refractivity contribution in [1.29, 1.82) is 0 Å². The number of halogens is 2. The molecule has 3 rings (SSSR count). The summed E-state index contributed by atoms with van der Waals surface area (Å²) in [6, 6.07) is 4.19. The predicted molar refractivity (Wildman–Crippen MR) is 74.9 cm³/mol. The highest BCUT2D eigenvalue weighted by molar-refractivity contribution is 6.31. The molecule has 0 saturated heterocycles. The molecule has 5 heteroatoms. The van der Waals surface area contributed by atoms with Gasteiger partial charge in [-0.3, -0.25) is 0 Å². The number of hydrogen-bond acceptors (Lipinski definition) is 2. The standard InChI is InChI=1S/C15H13ClFNO2/c16-9-5-10-11(15(19)20)7-13(8-3-1-2-4-8)18-14(10)12(17)6-9/h5-8H,1-4H2,(H,19,20). The number of carbonyl (C=O) groups is 1. The number of rotatable bonds is 2. The number of carboxylic acid groups (broad SMARTS) is 1. The van der Waals surface area contributed by atoms with Gasteiger partial charge >= 0.3 is 5.97 Å². The molecule has 1 saturated carbocycles. The molecule has 2 aromatic rings. The summed E-state index contributed by atoms with van der Waals surface area (Å²) in [4.78, 5) is 15.8. The molecule has 0 bridgehead atoms. The monoisotopic (exact) mass is 293 g/mol. The lowest BCUT2D eigenvalue weighted by Crippen LogP contribution is -2.05. The van der Waals surface area contributed by atoms with E-state index in [0.717, 1.165) is 25.7 Å². The summed E-state index contributed by atoms with van der Waals surface area (Å²) < 4.78 is 14.0. The van der Waals surface area contributed by atoms with Crippen LogP contribution in [0.2, 0.25) is 5.02 Å². The number of aromatic carboxylic acids is 1. The molecular weight excluding hydrogens is 281 g/mol. The topological polar surface area (TPSA) is 50.2 Å². The maximum Gasteiger partial charge on any atom is 0.336 e. The number of benzene rings is 1. The van der Waals surface area contributed by atoms with Crippen LogP contribution >= 0.6 is 11.6 Å². The molecule has 1 aliphatic rings. The van der Waals surface area contributed by atoms with Crippen LogP contribution in [-0.2, 0) is 0 Å². The highest BCUT2D eigenvalue weighted by atomic mass is 35.5. The first-order valence-corrected chi connectivity index (χ1v) is 6.97. The molecule has 0 unspecified atom stereocenters. The van der Waals surface area contributed by atoms with Crippen molar-refractivity contribution >= 4 is 28.5 Å². The summed E-state index contributed by atoms with van der Waals surface area (Å²) in [5, 5.41) is 9.77. The Hall–Kier alpha value is -1.68. The Bertz CT molecular complexity index is 696. The van der Waals surface area contributed by atoms with Gasteiger partial charge in [-0.05, 0) is 31.0 Å². The van der Waals surface area contributed by atoms with Crippen molar-refractivity contribution in [3.05, 3.63) is 40.3 Å². The van der Waals surface area contributed by atoms with E-state index in [1.165, 1.54) is 12.1 Å². The molecule has 20 heavy (non-hydrogen) atoms. The number of aromatic nitrogens is 1. The van der Waals surface area contributed by atoms with Gasteiger partial charge in [-0.25, -0.2) is 14.2 Å². The second-order valence-corrected chi connectivity index (χ2v) is 5.60. The van der Waals surface area contributed by atoms with Crippen LogP contribution in [0.15, 0.2) is 18.2 Å². The molecule has 0 atom stereocenters. The third-order valence-corrected chi connectivity index (χ3v) is 4.07. The van der Waals surface area contributed by atoms with Gasteiger partial charge in [0.05, 0.1) is 5.56 Å². The van der Waals surface area contributed by atoms with Gasteiger partial charge in [-0.1, -0.05) is 24.4 Å². The van der Waals surface area contributed by atoms with E-state index in [0.29, 0.717) is 5.69 Å². The summed E-state index contributed by atoms with van der Waals surface area (Å²) in [5.74, 6) is -1.43. The zero-order chi connectivity index (χ0) is 14.3. The molecule has 1 aromatic carbocycles. The van der Waals surface area contributed by atoms with Crippen molar-refractivity contribution in [2.24, 2.45) is 0 Å². The minimum absolute atomic E-state index is 0.0679. The van der Waals surface area contributed by atoms with Gasteiger partial charge in [-0.15, -0.1) is 0 Å². The number of fused-ring (bicyclic) bond motifs is 1. The lowest BCUT2D eigenvalue weighted by Gasteiger charge is -2.12. The zero-order valence-corrected chi connectivity index (χ0v) is 11.5. The van der Waals surface area contributed by atoms with E-state index in [4.69, 9.17) is 11.6 Å². The quantitative estimate of drug-likeness (QED) is 0.893. The minimum Gasteiger partial charge on any atom is -0.478 e. The largest absolute Gasteiger partial charge is 0.478 e. The third kappa shape index (κ3) is 2.24. The molecule has 0 aliphatic heterocycles. The Morgan fingerprint density at radius 1 is 1.30 bits per heavy atom. The van der Waals surface area contributed by atoms with Crippen molar-refractivity contribution < 1.29 is 14.3 Å². The molecule has 1 fully saturated rings. The van der Waals surface area contributed by atoms with E-state index in [1.807, 2.05) is 0 Å². The molecule has 0 amide bonds. The summed E-state index contributed by atoms with van der Waals surface area (Å²) in [6.07, 6.45) is 4.17. The lowest BCUT2D eigenvalue weighted by atomic mass is 9.99. The van der Waals surface area contributed by atoms with E-state index in [2.05, 4.69) is 4.98 Å². The number of nitrogens with zero attached hydrogens (tertiary/aromatic N) is 1. The van der Waals surface area contributed by atoms with Crippen molar-refractivity contribution in [1.82, 2.24) is 4.98 Å². The summed E-state index contributed by atoms with van der Waals surface area (Å²) >= 11 is 5.81. The highest BCUT2D eigenvalue weighted by Crippen LogP contribution is 2.35. The second-order valence-electron chi connectivity index (χ2n) is 5.16. The maximum atomic E-state index is 14.0. The van der Waals surface area contributed by atoms with E-state index >= 15 is 0 Å². The first-order chi connectivity index (χ1) is 9.56. The van der Waals surface area contributed by atoms with Crippen LogP contribution in [0.4, 0.5) is 4.39 Å². The maximum absolute atomic E-state index is 14.0. The lowest BCUT2D eigenvalue weighted by molar-refractivity contribution is 0.0699. The first-order valence-electron chi connectivity index (χ1n) is 6.59. The third-order valence-electron chi connectivity index (χ3n) is 3.86. The number of carboxylic acids is 1. The Labute approximate surface area is 120 Å². The Morgan fingerprint density at radius 3 is 2.65 bits per heavy atom. The summed E-state index contributed by atoms with van der Waals surface area (Å²) in [7, 11) is 0. The average molecular weight is 294 g/mol. The number of hydrogen-bond donors (Lipinski definition) is 1. The van der Waals surface area contributed by atoms with Crippen LogP contribution < -0.4 is 0 Å². The van der Waals surface area contributed by atoms with E-state index < -0.39 is 11.8 Å². The molecule has 104 valence electrons. The molecule has 1 aliphatic carbocycles. The molecule has 1 heterocycles. The zero-order valence-electron chi connectivity index (χ0n) is 10.7. The smallest absolute Gasteiger partial charge is 0.336 e. The fourth-order valence-corrected chi connectivity index (χ4v) is 3.08. The molecule has 1 aromatic heterocycles. The second kappa shape index (κ2) is 5.02. The van der Waals surface area contributed by atoms with Gasteiger partial charge in [0.2, 0.25) is 0 Å². The van der Waals surface area contributed by atoms with Crippen molar-refractivity contribution in [3.8, 4) is 0 Å². The van der Waals surface area contributed by atoms with E-state index in [1.54, 1.807) is 6.07 Å². The summed E-state index contributed by atoms with van der Waals surface area (Å²) in [6.45, 7) is 0. The minimum atomic E-state index is -1.08. The van der Waals surface area contributed by atoms with Gasteiger partial charge in [0.1, 0.15) is 5.52 Å². The average Bonchev–Trinajstić information content (AvgIpc) is 2.91. The van der Waals surface area contributed by atoms with Crippen molar-refractivity contribution in [2.45, 2.75) is 31.6 Å². The van der Waals surface area contributed by atoms with Crippen molar-refractivity contribution in [3.63, 3.8) is 0 Å². The van der Waals surface area contributed by atoms with Crippen LogP contribution in [0.3, 0.4) is 0 Å². The predicted octanol–water partition coefficient (Wildman–Crippen LogP) is 4.38. The summed E-state index contributed by atoms with van der Waals surface area (Å²) in [5.41, 5.74) is 0.836. The molecule has 0 radical (unpaired) electrons. The Kier molecular flexibility index (Phi) is 3.34. The van der Waals surface area contributed by atoms with E-state index in [9.17, 15) is 14.3 Å². The Balaban J connectivity index is 2.27. The molecule has 3 nitrogen and oxygen atoms in total. The van der Waals surface area contributed by atoms with Crippen LogP contribution in [-0.4, -0.2) is 16.1 Å². The fourth-order valence-electron chi connectivity index (χ4n) is 2.88. The van der Waals surface area contributed by atoms with Crippen molar-refractivity contribution in [2.75, 3.05) is 0 Å². The van der Waals surface area contributed by atoms with Crippen LogP contribution in [0, 0.1) is 5.82 Å².